The molecule has 0 aliphatic heterocycles. The van der Waals surface area contributed by atoms with Gasteiger partial charge in [0.1, 0.15) is 11.0 Å². The second kappa shape index (κ2) is 6.30. The first-order valence-electron chi connectivity index (χ1n) is 5.77. The lowest BCUT2D eigenvalue weighted by Gasteiger charge is -2.18. The van der Waals surface area contributed by atoms with Gasteiger partial charge >= 0.3 is 5.97 Å². The number of carbonyl (C=O) groups is 1. The van der Waals surface area contributed by atoms with Crippen molar-refractivity contribution in [2.45, 2.75) is 31.8 Å². The van der Waals surface area contributed by atoms with Crippen molar-refractivity contribution < 1.29 is 17.9 Å². The zero-order valence-electron chi connectivity index (χ0n) is 11.2. The number of primary sulfonamides is 1. The molecule has 0 aromatic heterocycles. The Bertz CT molecular complexity index is 629. The van der Waals surface area contributed by atoms with Crippen LogP contribution < -0.4 is 5.14 Å². The third-order valence-corrected chi connectivity index (χ3v) is 4.57. The summed E-state index contributed by atoms with van der Waals surface area (Å²) in [4.78, 5) is 11.7. The van der Waals surface area contributed by atoms with E-state index < -0.39 is 16.0 Å². The van der Waals surface area contributed by atoms with Crippen LogP contribution in [-0.2, 0) is 14.8 Å². The minimum Gasteiger partial charge on any atom is -0.459 e. The molecule has 0 spiro atoms. The van der Waals surface area contributed by atoms with E-state index in [0.717, 1.165) is 6.07 Å². The van der Waals surface area contributed by atoms with Crippen molar-refractivity contribution in [2.24, 2.45) is 11.1 Å². The van der Waals surface area contributed by atoms with Crippen molar-refractivity contribution in [3.63, 3.8) is 0 Å². The average molecular weight is 340 g/mol. The summed E-state index contributed by atoms with van der Waals surface area (Å²) >= 11 is 11.8. The first kappa shape index (κ1) is 17.2. The molecule has 1 rings (SSSR count). The van der Waals surface area contributed by atoms with Gasteiger partial charge in [0.25, 0.3) is 0 Å². The van der Waals surface area contributed by atoms with E-state index in [0.29, 0.717) is 0 Å². The van der Waals surface area contributed by atoms with Crippen LogP contribution in [-0.4, -0.2) is 20.5 Å². The molecule has 1 aromatic rings. The molecule has 0 saturated heterocycles. The Kier molecular flexibility index (Phi) is 5.43. The fourth-order valence-corrected chi connectivity index (χ4v) is 2.76. The molecule has 1 atom stereocenters. The van der Waals surface area contributed by atoms with Crippen molar-refractivity contribution in [1.29, 1.82) is 0 Å². The Labute approximate surface area is 128 Å². The van der Waals surface area contributed by atoms with Crippen molar-refractivity contribution >= 4 is 39.2 Å². The monoisotopic (exact) mass is 339 g/mol. The lowest BCUT2D eigenvalue weighted by molar-refractivity contribution is 0.0238. The van der Waals surface area contributed by atoms with Crippen LogP contribution in [0.3, 0.4) is 0 Å². The number of carbonyl (C=O) groups excluding carboxylic acids is 1. The first-order chi connectivity index (χ1) is 9.05. The van der Waals surface area contributed by atoms with Crippen molar-refractivity contribution in [2.75, 3.05) is 0 Å². The van der Waals surface area contributed by atoms with Gasteiger partial charge in [0.05, 0.1) is 15.6 Å². The highest BCUT2D eigenvalue weighted by Crippen LogP contribution is 2.31. The van der Waals surface area contributed by atoms with Gasteiger partial charge in [0.15, 0.2) is 0 Å². The number of ether oxygens (including phenoxy) is 1. The van der Waals surface area contributed by atoms with Crippen LogP contribution in [0.2, 0.25) is 10.0 Å². The Morgan fingerprint density at radius 3 is 2.25 bits per heavy atom. The zero-order valence-corrected chi connectivity index (χ0v) is 13.5. The summed E-state index contributed by atoms with van der Waals surface area (Å²) in [6.07, 6.45) is -0.368. The smallest absolute Gasteiger partial charge is 0.341 e. The van der Waals surface area contributed by atoms with Gasteiger partial charge in [-0.3, -0.25) is 0 Å². The number of sulfonamides is 1. The van der Waals surface area contributed by atoms with Crippen LogP contribution in [0.25, 0.3) is 0 Å². The Hall–Kier alpha value is -0.820. The van der Waals surface area contributed by atoms with Crippen LogP contribution in [0.1, 0.15) is 31.1 Å². The van der Waals surface area contributed by atoms with E-state index in [4.69, 9.17) is 33.1 Å². The summed E-state index contributed by atoms with van der Waals surface area (Å²) in [6.45, 7) is 5.47. The molecule has 20 heavy (non-hydrogen) atoms. The van der Waals surface area contributed by atoms with E-state index in [1.54, 1.807) is 6.92 Å². The summed E-state index contributed by atoms with van der Waals surface area (Å²) in [5, 5.41) is 4.69. The molecule has 5 nitrogen and oxygen atoms in total. The quantitative estimate of drug-likeness (QED) is 0.854. The number of hydrogen-bond donors (Lipinski definition) is 1. The number of benzene rings is 1. The Balaban J connectivity index is 3.28. The Morgan fingerprint density at radius 2 is 1.80 bits per heavy atom. The predicted octanol–water partition coefficient (Wildman–Crippen LogP) is 2.84. The highest BCUT2D eigenvalue weighted by Gasteiger charge is 2.25. The van der Waals surface area contributed by atoms with Gasteiger partial charge in [0.2, 0.25) is 10.0 Å². The van der Waals surface area contributed by atoms with Crippen molar-refractivity contribution in [1.82, 2.24) is 0 Å². The number of nitrogens with two attached hydrogens (primary N) is 1. The van der Waals surface area contributed by atoms with E-state index in [1.807, 2.05) is 13.8 Å². The molecule has 0 fully saturated rings. The minimum atomic E-state index is -4.05. The number of halogens is 2. The largest absolute Gasteiger partial charge is 0.459 e. The van der Waals surface area contributed by atoms with Crippen LogP contribution in [0, 0.1) is 5.92 Å². The molecule has 8 heteroatoms. The summed E-state index contributed by atoms with van der Waals surface area (Å²) in [7, 11) is -4.05. The van der Waals surface area contributed by atoms with E-state index in [-0.39, 0.29) is 32.5 Å². The first-order valence-corrected chi connectivity index (χ1v) is 8.07. The van der Waals surface area contributed by atoms with Gasteiger partial charge < -0.3 is 4.74 Å². The summed E-state index contributed by atoms with van der Waals surface area (Å²) < 4.78 is 27.9. The van der Waals surface area contributed by atoms with Crippen molar-refractivity contribution in [3.05, 3.63) is 27.7 Å². The third-order valence-electron chi connectivity index (χ3n) is 2.80. The third kappa shape index (κ3) is 3.85. The highest BCUT2D eigenvalue weighted by molar-refractivity contribution is 7.89. The summed E-state index contributed by atoms with van der Waals surface area (Å²) in [5.74, 6) is -0.690. The lowest BCUT2D eigenvalue weighted by Crippen LogP contribution is -2.21. The SMILES string of the molecule is CC(C)C(C)OC(=O)c1c(Cl)ccc(S(N)(=O)=O)c1Cl. The van der Waals surface area contributed by atoms with Gasteiger partial charge in [-0.05, 0) is 25.0 Å². The van der Waals surface area contributed by atoms with E-state index in [1.165, 1.54) is 6.07 Å². The zero-order chi connectivity index (χ0) is 15.7. The molecule has 0 amide bonds. The summed E-state index contributed by atoms with van der Waals surface area (Å²) in [5.41, 5.74) is -0.202. The molecular formula is C12H15Cl2NO4S. The second-order valence-electron chi connectivity index (χ2n) is 4.63. The molecule has 0 saturated carbocycles. The maximum atomic E-state index is 12.1. The van der Waals surface area contributed by atoms with Gasteiger partial charge in [-0.2, -0.15) is 0 Å². The van der Waals surface area contributed by atoms with Crippen LogP contribution >= 0.6 is 23.2 Å². The highest BCUT2D eigenvalue weighted by atomic mass is 35.5. The van der Waals surface area contributed by atoms with Gasteiger partial charge in [-0.1, -0.05) is 37.0 Å². The van der Waals surface area contributed by atoms with E-state index in [9.17, 15) is 13.2 Å². The van der Waals surface area contributed by atoms with Crippen LogP contribution in [0.4, 0.5) is 0 Å². The number of rotatable bonds is 4. The average Bonchev–Trinajstić information content (AvgIpc) is 2.26. The maximum absolute atomic E-state index is 12.1. The molecule has 0 heterocycles. The fraction of sp³-hybridized carbons (Fsp3) is 0.417. The molecule has 2 N–H and O–H groups in total. The second-order valence-corrected chi connectivity index (χ2v) is 6.95. The van der Waals surface area contributed by atoms with Crippen LogP contribution in [0.5, 0.6) is 0 Å². The molecule has 0 aliphatic rings. The molecule has 1 aromatic carbocycles. The fourth-order valence-electron chi connectivity index (χ4n) is 1.30. The molecule has 0 radical (unpaired) electrons. The van der Waals surface area contributed by atoms with Crippen molar-refractivity contribution in [3.8, 4) is 0 Å². The predicted molar refractivity (Wildman–Crippen MR) is 77.6 cm³/mol. The normalized spacial score (nSPS) is 13.3. The van der Waals surface area contributed by atoms with Crippen LogP contribution in [0.15, 0.2) is 17.0 Å². The molecule has 1 unspecified atom stereocenters. The van der Waals surface area contributed by atoms with E-state index >= 15 is 0 Å². The number of hydrogen-bond acceptors (Lipinski definition) is 4. The topological polar surface area (TPSA) is 86.5 Å². The van der Waals surface area contributed by atoms with E-state index in [2.05, 4.69) is 0 Å². The number of esters is 1. The molecule has 0 bridgehead atoms. The summed E-state index contributed by atoms with van der Waals surface area (Å²) in [6, 6.07) is 2.38. The molecule has 112 valence electrons. The Morgan fingerprint density at radius 1 is 1.25 bits per heavy atom. The van der Waals surface area contributed by atoms with Gasteiger partial charge in [0, 0.05) is 0 Å². The standard InChI is InChI=1S/C12H15Cl2NO4S/c1-6(2)7(3)19-12(16)10-8(13)4-5-9(11(10)14)20(15,17)18/h4-7H,1-3H3,(H2,15,17,18). The lowest BCUT2D eigenvalue weighted by atomic mass is 10.1. The maximum Gasteiger partial charge on any atom is 0.341 e. The molecule has 0 aliphatic carbocycles. The van der Waals surface area contributed by atoms with Gasteiger partial charge in [-0.25, -0.2) is 18.4 Å². The van der Waals surface area contributed by atoms with Gasteiger partial charge in [-0.15, -0.1) is 0 Å². The molecular weight excluding hydrogens is 325 g/mol. The minimum absolute atomic E-state index is 0.00311.